The molecule has 1 fully saturated rings. The predicted molar refractivity (Wildman–Crippen MR) is 76.6 cm³/mol. The standard InChI is InChI=1S/C13H18N2O5S/c1-9-4-5-12(6-13(9)15(16)17)21(18,19)14-7-10(2)20-11(3)8-14/h4-6,10-11H,7-8H2,1-3H3/t10-,11+. The first-order valence-corrected chi connectivity index (χ1v) is 8.06. The Balaban J connectivity index is 2.40. The number of rotatable bonds is 3. The average Bonchev–Trinajstić information content (AvgIpc) is 2.37. The lowest BCUT2D eigenvalue weighted by Gasteiger charge is -2.34. The molecule has 0 spiro atoms. The summed E-state index contributed by atoms with van der Waals surface area (Å²) >= 11 is 0. The van der Waals surface area contributed by atoms with E-state index in [0.29, 0.717) is 5.56 Å². The van der Waals surface area contributed by atoms with Crippen LogP contribution in [0.3, 0.4) is 0 Å². The third kappa shape index (κ3) is 3.22. The van der Waals surface area contributed by atoms with E-state index in [2.05, 4.69) is 0 Å². The van der Waals surface area contributed by atoms with Crippen molar-refractivity contribution in [2.24, 2.45) is 0 Å². The third-order valence-electron chi connectivity index (χ3n) is 3.40. The molecule has 0 aliphatic carbocycles. The van der Waals surface area contributed by atoms with E-state index in [-0.39, 0.29) is 35.9 Å². The molecule has 116 valence electrons. The van der Waals surface area contributed by atoms with Crippen LogP contribution in [0.1, 0.15) is 19.4 Å². The van der Waals surface area contributed by atoms with Gasteiger partial charge in [0.25, 0.3) is 5.69 Å². The van der Waals surface area contributed by atoms with Crippen LogP contribution in [0.5, 0.6) is 0 Å². The van der Waals surface area contributed by atoms with Gasteiger partial charge in [-0.1, -0.05) is 6.07 Å². The fourth-order valence-corrected chi connectivity index (χ4v) is 4.03. The van der Waals surface area contributed by atoms with Gasteiger partial charge in [-0.3, -0.25) is 10.1 Å². The van der Waals surface area contributed by atoms with E-state index < -0.39 is 14.9 Å². The molecule has 2 atom stereocenters. The monoisotopic (exact) mass is 314 g/mol. The van der Waals surface area contributed by atoms with Crippen molar-refractivity contribution in [3.05, 3.63) is 33.9 Å². The number of nitro benzene ring substituents is 1. The largest absolute Gasteiger partial charge is 0.373 e. The van der Waals surface area contributed by atoms with Crippen molar-refractivity contribution in [3.8, 4) is 0 Å². The summed E-state index contributed by atoms with van der Waals surface area (Å²) in [7, 11) is -3.75. The van der Waals surface area contributed by atoms with Crippen LogP contribution in [0.4, 0.5) is 5.69 Å². The summed E-state index contributed by atoms with van der Waals surface area (Å²) in [5, 5.41) is 11.0. The first-order chi connectivity index (χ1) is 9.71. The lowest BCUT2D eigenvalue weighted by molar-refractivity contribution is -0.385. The number of nitrogens with zero attached hydrogens (tertiary/aromatic N) is 2. The maximum absolute atomic E-state index is 12.6. The highest BCUT2D eigenvalue weighted by molar-refractivity contribution is 7.89. The number of hydrogen-bond donors (Lipinski definition) is 0. The van der Waals surface area contributed by atoms with Crippen molar-refractivity contribution in [2.75, 3.05) is 13.1 Å². The smallest absolute Gasteiger partial charge is 0.273 e. The van der Waals surface area contributed by atoms with Crippen LogP contribution in [0.25, 0.3) is 0 Å². The molecule has 0 unspecified atom stereocenters. The first kappa shape index (κ1) is 15.9. The van der Waals surface area contributed by atoms with Gasteiger partial charge in [0, 0.05) is 24.7 Å². The van der Waals surface area contributed by atoms with Crippen LogP contribution in [0, 0.1) is 17.0 Å². The average molecular weight is 314 g/mol. The maximum atomic E-state index is 12.6. The molecule has 0 bridgehead atoms. The first-order valence-electron chi connectivity index (χ1n) is 6.62. The predicted octanol–water partition coefficient (Wildman–Crippen LogP) is 1.70. The minimum Gasteiger partial charge on any atom is -0.373 e. The van der Waals surface area contributed by atoms with Gasteiger partial charge in [-0.15, -0.1) is 0 Å². The van der Waals surface area contributed by atoms with Crippen LogP contribution in [0.2, 0.25) is 0 Å². The van der Waals surface area contributed by atoms with Gasteiger partial charge in [0.1, 0.15) is 0 Å². The molecule has 2 rings (SSSR count). The Labute approximate surface area is 123 Å². The zero-order valence-electron chi connectivity index (χ0n) is 12.1. The number of ether oxygens (including phenoxy) is 1. The Bertz CT molecular complexity index is 649. The molecule has 21 heavy (non-hydrogen) atoms. The van der Waals surface area contributed by atoms with Gasteiger partial charge >= 0.3 is 0 Å². The van der Waals surface area contributed by atoms with Gasteiger partial charge in [-0.2, -0.15) is 4.31 Å². The molecule has 1 heterocycles. The number of hydrogen-bond acceptors (Lipinski definition) is 5. The Morgan fingerprint density at radius 3 is 2.38 bits per heavy atom. The van der Waals surface area contributed by atoms with Crippen LogP contribution in [0.15, 0.2) is 23.1 Å². The van der Waals surface area contributed by atoms with Crippen LogP contribution in [-0.2, 0) is 14.8 Å². The van der Waals surface area contributed by atoms with Crippen LogP contribution >= 0.6 is 0 Å². The number of morpholine rings is 1. The van der Waals surface area contributed by atoms with Gasteiger partial charge < -0.3 is 4.74 Å². The molecule has 0 N–H and O–H groups in total. The Kier molecular flexibility index (Phi) is 4.31. The maximum Gasteiger partial charge on any atom is 0.273 e. The Morgan fingerprint density at radius 2 is 1.86 bits per heavy atom. The van der Waals surface area contributed by atoms with E-state index in [0.717, 1.165) is 6.07 Å². The topological polar surface area (TPSA) is 89.8 Å². The molecule has 1 saturated heterocycles. The fraction of sp³-hybridized carbons (Fsp3) is 0.538. The Morgan fingerprint density at radius 1 is 1.29 bits per heavy atom. The van der Waals surface area contributed by atoms with E-state index in [1.165, 1.54) is 16.4 Å². The second-order valence-corrected chi connectivity index (χ2v) is 7.22. The highest BCUT2D eigenvalue weighted by Gasteiger charge is 2.33. The summed E-state index contributed by atoms with van der Waals surface area (Å²) < 4.78 is 32.1. The number of aryl methyl sites for hydroxylation is 1. The van der Waals surface area contributed by atoms with Crippen molar-refractivity contribution in [1.29, 1.82) is 0 Å². The van der Waals surface area contributed by atoms with Crippen molar-refractivity contribution >= 4 is 15.7 Å². The second kappa shape index (κ2) is 5.70. The van der Waals surface area contributed by atoms with Gasteiger partial charge in [0.2, 0.25) is 10.0 Å². The SMILES string of the molecule is Cc1ccc(S(=O)(=O)N2C[C@@H](C)O[C@@H](C)C2)cc1[N+](=O)[O-]. The van der Waals surface area contributed by atoms with E-state index in [4.69, 9.17) is 4.74 Å². The Hall–Kier alpha value is -1.51. The minimum atomic E-state index is -3.75. The van der Waals surface area contributed by atoms with Crippen molar-refractivity contribution in [1.82, 2.24) is 4.31 Å². The highest BCUT2D eigenvalue weighted by Crippen LogP contribution is 2.26. The summed E-state index contributed by atoms with van der Waals surface area (Å²) in [6.07, 6.45) is -0.409. The number of sulfonamides is 1. The summed E-state index contributed by atoms with van der Waals surface area (Å²) in [5.41, 5.74) is 0.244. The van der Waals surface area contributed by atoms with Gasteiger partial charge in [0.15, 0.2) is 0 Å². The van der Waals surface area contributed by atoms with E-state index in [1.54, 1.807) is 20.8 Å². The molecule has 7 nitrogen and oxygen atoms in total. The zero-order valence-corrected chi connectivity index (χ0v) is 13.0. The summed E-state index contributed by atoms with van der Waals surface area (Å²) in [6.45, 7) is 5.67. The molecule has 1 aliphatic rings. The molecule has 1 aliphatic heterocycles. The molecule has 0 radical (unpaired) electrons. The van der Waals surface area contributed by atoms with Crippen LogP contribution < -0.4 is 0 Å². The lowest BCUT2D eigenvalue weighted by Crippen LogP contribution is -2.48. The van der Waals surface area contributed by atoms with Crippen LogP contribution in [-0.4, -0.2) is 42.9 Å². The van der Waals surface area contributed by atoms with E-state index in [1.807, 2.05) is 0 Å². The number of benzene rings is 1. The molecule has 0 saturated carbocycles. The van der Waals surface area contributed by atoms with Crippen molar-refractivity contribution in [2.45, 2.75) is 37.9 Å². The van der Waals surface area contributed by atoms with Gasteiger partial charge in [0.05, 0.1) is 22.0 Å². The van der Waals surface area contributed by atoms with Crippen molar-refractivity contribution in [3.63, 3.8) is 0 Å². The second-order valence-electron chi connectivity index (χ2n) is 5.28. The zero-order chi connectivity index (χ0) is 15.8. The molecule has 1 aromatic rings. The van der Waals surface area contributed by atoms with Gasteiger partial charge in [-0.05, 0) is 26.8 Å². The molecule has 8 heteroatoms. The third-order valence-corrected chi connectivity index (χ3v) is 5.23. The van der Waals surface area contributed by atoms with E-state index in [9.17, 15) is 18.5 Å². The normalized spacial score (nSPS) is 24.0. The van der Waals surface area contributed by atoms with Gasteiger partial charge in [-0.25, -0.2) is 8.42 Å². The van der Waals surface area contributed by atoms with Crippen molar-refractivity contribution < 1.29 is 18.1 Å². The molecular weight excluding hydrogens is 296 g/mol. The molecular formula is C13H18N2O5S. The fourth-order valence-electron chi connectivity index (χ4n) is 2.42. The molecule has 0 amide bonds. The highest BCUT2D eigenvalue weighted by atomic mass is 32.2. The quantitative estimate of drug-likeness (QED) is 0.625. The lowest BCUT2D eigenvalue weighted by atomic mass is 10.2. The summed E-state index contributed by atoms with van der Waals surface area (Å²) in [6, 6.07) is 3.98. The molecule has 1 aromatic carbocycles. The number of nitro groups is 1. The summed E-state index contributed by atoms with van der Waals surface area (Å²) in [4.78, 5) is 10.3. The minimum absolute atomic E-state index is 0.0545. The summed E-state index contributed by atoms with van der Waals surface area (Å²) in [5.74, 6) is 0. The molecule has 0 aromatic heterocycles. The van der Waals surface area contributed by atoms with E-state index >= 15 is 0 Å².